The molecule has 0 bridgehead atoms. The fourth-order valence-electron chi connectivity index (χ4n) is 2.50. The maximum atomic E-state index is 12.6. The Balaban J connectivity index is 2.22. The van der Waals surface area contributed by atoms with E-state index in [0.29, 0.717) is 12.1 Å². The summed E-state index contributed by atoms with van der Waals surface area (Å²) in [6, 6.07) is 4.47. The highest BCUT2D eigenvalue weighted by Crippen LogP contribution is 2.30. The number of amides is 1. The first-order chi connectivity index (χ1) is 10.4. The van der Waals surface area contributed by atoms with Crippen molar-refractivity contribution < 1.29 is 23.0 Å². The van der Waals surface area contributed by atoms with E-state index in [1.165, 1.54) is 25.3 Å². The zero-order valence-corrected chi connectivity index (χ0v) is 12.8. The number of halogens is 2. The van der Waals surface area contributed by atoms with Crippen LogP contribution in [-0.4, -0.2) is 49.7 Å². The van der Waals surface area contributed by atoms with E-state index in [9.17, 15) is 13.6 Å². The predicted octanol–water partition coefficient (Wildman–Crippen LogP) is 2.12. The lowest BCUT2D eigenvalue weighted by molar-refractivity contribution is -0.0512. The van der Waals surface area contributed by atoms with Gasteiger partial charge in [-0.05, 0) is 32.0 Å². The van der Waals surface area contributed by atoms with Gasteiger partial charge in [0.05, 0.1) is 7.11 Å². The average Bonchev–Trinajstić information content (AvgIpc) is 2.49. The number of nitrogens with one attached hydrogen (secondary N) is 1. The Morgan fingerprint density at radius 1 is 1.36 bits per heavy atom. The zero-order chi connectivity index (χ0) is 16.3. The number of carbonyl (C=O) groups excluding carboxylic acids is 1. The molecule has 0 spiro atoms. The van der Waals surface area contributed by atoms with Crippen molar-refractivity contribution in [1.82, 2.24) is 10.2 Å². The minimum atomic E-state index is -2.94. The maximum absolute atomic E-state index is 12.6. The van der Waals surface area contributed by atoms with Crippen LogP contribution in [0.25, 0.3) is 0 Å². The van der Waals surface area contributed by atoms with Crippen LogP contribution < -0.4 is 14.8 Å². The minimum Gasteiger partial charge on any atom is -0.493 e. The Hall–Kier alpha value is -1.89. The largest absolute Gasteiger partial charge is 0.493 e. The molecule has 1 heterocycles. The van der Waals surface area contributed by atoms with E-state index in [4.69, 9.17) is 4.74 Å². The van der Waals surface area contributed by atoms with Gasteiger partial charge in [0.25, 0.3) is 5.91 Å². The van der Waals surface area contributed by atoms with Gasteiger partial charge in [0.15, 0.2) is 11.5 Å². The molecule has 5 nitrogen and oxygen atoms in total. The van der Waals surface area contributed by atoms with Crippen molar-refractivity contribution in [2.24, 2.45) is 0 Å². The average molecular weight is 314 g/mol. The third-order valence-electron chi connectivity index (χ3n) is 3.92. The molecule has 1 amide bonds. The third-order valence-corrected chi connectivity index (χ3v) is 3.92. The van der Waals surface area contributed by atoms with Gasteiger partial charge in [-0.3, -0.25) is 4.79 Å². The molecule has 2 unspecified atom stereocenters. The number of piperazine rings is 1. The molecular weight excluding hydrogens is 294 g/mol. The highest BCUT2D eigenvalue weighted by Gasteiger charge is 2.29. The normalized spacial score (nSPS) is 21.8. The van der Waals surface area contributed by atoms with Crippen LogP contribution in [0.5, 0.6) is 11.5 Å². The Kier molecular flexibility index (Phi) is 5.18. The van der Waals surface area contributed by atoms with E-state index in [0.717, 1.165) is 6.54 Å². The van der Waals surface area contributed by atoms with Crippen molar-refractivity contribution in [2.75, 3.05) is 20.2 Å². The van der Waals surface area contributed by atoms with Crippen LogP contribution in [0.4, 0.5) is 8.78 Å². The number of benzene rings is 1. The number of hydrogen-bond acceptors (Lipinski definition) is 4. The van der Waals surface area contributed by atoms with E-state index in [2.05, 4.69) is 10.1 Å². The summed E-state index contributed by atoms with van der Waals surface area (Å²) >= 11 is 0. The minimum absolute atomic E-state index is 0.0456. The number of alkyl halides is 2. The van der Waals surface area contributed by atoms with Crippen molar-refractivity contribution in [3.8, 4) is 11.5 Å². The SMILES string of the molecule is COc1cc(C(=O)N2CCNC(C)C2C)ccc1OC(F)F. The van der Waals surface area contributed by atoms with Crippen LogP contribution in [0.3, 0.4) is 0 Å². The van der Waals surface area contributed by atoms with E-state index < -0.39 is 6.61 Å². The topological polar surface area (TPSA) is 50.8 Å². The van der Waals surface area contributed by atoms with Gasteiger partial charge < -0.3 is 19.7 Å². The van der Waals surface area contributed by atoms with Gasteiger partial charge in [0.2, 0.25) is 0 Å². The van der Waals surface area contributed by atoms with Gasteiger partial charge in [-0.15, -0.1) is 0 Å². The highest BCUT2D eigenvalue weighted by molar-refractivity contribution is 5.95. The zero-order valence-electron chi connectivity index (χ0n) is 12.8. The lowest BCUT2D eigenvalue weighted by Gasteiger charge is -2.38. The van der Waals surface area contributed by atoms with Gasteiger partial charge in [-0.25, -0.2) is 0 Å². The molecule has 22 heavy (non-hydrogen) atoms. The lowest BCUT2D eigenvalue weighted by Crippen LogP contribution is -2.57. The smallest absolute Gasteiger partial charge is 0.387 e. The molecule has 7 heteroatoms. The van der Waals surface area contributed by atoms with Crippen molar-refractivity contribution in [2.45, 2.75) is 32.5 Å². The molecule has 1 saturated heterocycles. The Morgan fingerprint density at radius 3 is 2.73 bits per heavy atom. The molecule has 0 aliphatic carbocycles. The molecule has 1 fully saturated rings. The van der Waals surface area contributed by atoms with Crippen molar-refractivity contribution in [1.29, 1.82) is 0 Å². The Morgan fingerprint density at radius 2 is 2.09 bits per heavy atom. The predicted molar refractivity (Wildman–Crippen MR) is 77.6 cm³/mol. The van der Waals surface area contributed by atoms with Gasteiger partial charge in [-0.1, -0.05) is 0 Å². The summed E-state index contributed by atoms with van der Waals surface area (Å²) in [7, 11) is 1.34. The summed E-state index contributed by atoms with van der Waals surface area (Å²) in [5.74, 6) is -0.125. The monoisotopic (exact) mass is 314 g/mol. The second-order valence-corrected chi connectivity index (χ2v) is 5.23. The molecule has 1 aromatic carbocycles. The second kappa shape index (κ2) is 6.91. The summed E-state index contributed by atoms with van der Waals surface area (Å²) in [6.45, 7) is 2.37. The number of hydrogen-bond donors (Lipinski definition) is 1. The van der Waals surface area contributed by atoms with Gasteiger partial charge in [0, 0.05) is 30.7 Å². The number of rotatable bonds is 4. The molecule has 1 aromatic rings. The third kappa shape index (κ3) is 3.47. The summed E-state index contributed by atoms with van der Waals surface area (Å²) in [5.41, 5.74) is 0.388. The van der Waals surface area contributed by atoms with Crippen molar-refractivity contribution in [3.05, 3.63) is 23.8 Å². The molecule has 1 aliphatic rings. The van der Waals surface area contributed by atoms with E-state index >= 15 is 0 Å². The number of methoxy groups -OCH3 is 1. The maximum Gasteiger partial charge on any atom is 0.387 e. The number of carbonyl (C=O) groups is 1. The van der Waals surface area contributed by atoms with E-state index in [-0.39, 0.29) is 29.5 Å². The first-order valence-electron chi connectivity index (χ1n) is 7.11. The molecule has 2 atom stereocenters. The molecule has 1 N–H and O–H groups in total. The Bertz CT molecular complexity index is 540. The summed E-state index contributed by atoms with van der Waals surface area (Å²) in [5, 5.41) is 3.30. The van der Waals surface area contributed by atoms with Gasteiger partial charge in [0.1, 0.15) is 0 Å². The van der Waals surface area contributed by atoms with Crippen LogP contribution in [0.2, 0.25) is 0 Å². The Labute approximate surface area is 128 Å². The van der Waals surface area contributed by atoms with Gasteiger partial charge >= 0.3 is 6.61 Å². The second-order valence-electron chi connectivity index (χ2n) is 5.23. The lowest BCUT2D eigenvalue weighted by atomic mass is 10.1. The molecular formula is C15H20F2N2O3. The van der Waals surface area contributed by atoms with Crippen LogP contribution in [-0.2, 0) is 0 Å². The summed E-state index contributed by atoms with van der Waals surface area (Å²) < 4.78 is 34.0. The molecule has 2 rings (SSSR count). The summed E-state index contributed by atoms with van der Waals surface area (Å²) in [4.78, 5) is 14.4. The van der Waals surface area contributed by atoms with Crippen LogP contribution in [0.1, 0.15) is 24.2 Å². The van der Waals surface area contributed by atoms with E-state index in [1.54, 1.807) is 4.90 Å². The van der Waals surface area contributed by atoms with Crippen LogP contribution in [0.15, 0.2) is 18.2 Å². The summed E-state index contributed by atoms with van der Waals surface area (Å²) in [6.07, 6.45) is 0. The van der Waals surface area contributed by atoms with E-state index in [1.807, 2.05) is 13.8 Å². The van der Waals surface area contributed by atoms with Crippen LogP contribution in [0, 0.1) is 0 Å². The quantitative estimate of drug-likeness (QED) is 0.925. The van der Waals surface area contributed by atoms with Gasteiger partial charge in [-0.2, -0.15) is 8.78 Å². The number of ether oxygens (including phenoxy) is 2. The molecule has 1 aliphatic heterocycles. The fraction of sp³-hybridized carbons (Fsp3) is 0.533. The molecule has 0 saturated carbocycles. The standard InChI is InChI=1S/C15H20F2N2O3/c1-9-10(2)19(7-6-18-9)14(20)11-4-5-12(22-15(16)17)13(8-11)21-3/h4-5,8-10,15,18H,6-7H2,1-3H3. The van der Waals surface area contributed by atoms with Crippen LogP contribution >= 0.6 is 0 Å². The van der Waals surface area contributed by atoms with Crippen molar-refractivity contribution in [3.63, 3.8) is 0 Å². The highest BCUT2D eigenvalue weighted by atomic mass is 19.3. The molecule has 122 valence electrons. The first kappa shape index (κ1) is 16.5. The first-order valence-corrected chi connectivity index (χ1v) is 7.11. The fourth-order valence-corrected chi connectivity index (χ4v) is 2.50. The number of nitrogens with zero attached hydrogens (tertiary/aromatic N) is 1. The van der Waals surface area contributed by atoms with Crippen molar-refractivity contribution >= 4 is 5.91 Å². The molecule has 0 radical (unpaired) electrons. The molecule has 0 aromatic heterocycles.